The smallest absolute Gasteiger partial charge is 0.225 e. The van der Waals surface area contributed by atoms with Crippen molar-refractivity contribution >= 4 is 11.8 Å². The second kappa shape index (κ2) is 7.24. The normalized spacial score (nSPS) is 17.9. The molecule has 1 aliphatic rings. The van der Waals surface area contributed by atoms with Crippen molar-refractivity contribution in [1.29, 1.82) is 0 Å². The summed E-state index contributed by atoms with van der Waals surface area (Å²) in [5, 5.41) is 2.87. The zero-order chi connectivity index (χ0) is 16.1. The second-order valence-electron chi connectivity index (χ2n) is 6.02. The molecule has 2 rings (SSSR count). The molecule has 1 saturated heterocycles. The molecule has 0 spiro atoms. The molecule has 0 saturated carbocycles. The van der Waals surface area contributed by atoms with E-state index in [0.717, 1.165) is 5.56 Å². The van der Waals surface area contributed by atoms with Crippen LogP contribution in [0.25, 0.3) is 0 Å². The van der Waals surface area contributed by atoms with Crippen LogP contribution < -0.4 is 10.1 Å². The van der Waals surface area contributed by atoms with E-state index in [-0.39, 0.29) is 17.7 Å². The number of methoxy groups -OCH3 is 1. The van der Waals surface area contributed by atoms with E-state index in [0.29, 0.717) is 37.9 Å². The summed E-state index contributed by atoms with van der Waals surface area (Å²) in [5.41, 5.74) is 0.900. The predicted molar refractivity (Wildman–Crippen MR) is 82.2 cm³/mol. The Labute approximate surface area is 130 Å². The number of nitrogens with zero attached hydrogens (tertiary/aromatic N) is 2. The molecule has 120 valence electrons. The van der Waals surface area contributed by atoms with Gasteiger partial charge in [0.1, 0.15) is 0 Å². The Morgan fingerprint density at radius 3 is 2.86 bits per heavy atom. The van der Waals surface area contributed by atoms with Gasteiger partial charge in [-0.15, -0.1) is 0 Å². The number of carbonyl (C=O) groups is 2. The molecular weight excluding hydrogens is 282 g/mol. The van der Waals surface area contributed by atoms with Crippen LogP contribution in [0.4, 0.5) is 0 Å². The van der Waals surface area contributed by atoms with Gasteiger partial charge in [0.15, 0.2) is 0 Å². The van der Waals surface area contributed by atoms with Crippen molar-refractivity contribution in [3.05, 3.63) is 23.9 Å². The van der Waals surface area contributed by atoms with Crippen LogP contribution in [-0.2, 0) is 16.1 Å². The molecule has 6 nitrogen and oxygen atoms in total. The summed E-state index contributed by atoms with van der Waals surface area (Å²) < 4.78 is 4.99. The van der Waals surface area contributed by atoms with Gasteiger partial charge in [-0.05, 0) is 11.5 Å². The Bertz CT molecular complexity index is 528. The number of hydrogen-bond acceptors (Lipinski definition) is 4. The van der Waals surface area contributed by atoms with Gasteiger partial charge in [0.2, 0.25) is 17.7 Å². The van der Waals surface area contributed by atoms with Gasteiger partial charge in [-0.25, -0.2) is 4.98 Å². The minimum absolute atomic E-state index is 0.0694. The lowest BCUT2D eigenvalue weighted by atomic mass is 10.1. The first-order valence-corrected chi connectivity index (χ1v) is 7.54. The van der Waals surface area contributed by atoms with Crippen molar-refractivity contribution in [2.75, 3.05) is 20.2 Å². The van der Waals surface area contributed by atoms with Crippen molar-refractivity contribution in [2.24, 2.45) is 11.8 Å². The second-order valence-corrected chi connectivity index (χ2v) is 6.02. The van der Waals surface area contributed by atoms with Crippen LogP contribution in [0.1, 0.15) is 25.8 Å². The summed E-state index contributed by atoms with van der Waals surface area (Å²) >= 11 is 0. The van der Waals surface area contributed by atoms with Crippen LogP contribution in [0.2, 0.25) is 0 Å². The Hall–Kier alpha value is -2.11. The van der Waals surface area contributed by atoms with Crippen LogP contribution in [-0.4, -0.2) is 41.9 Å². The molecular formula is C16H23N3O3. The summed E-state index contributed by atoms with van der Waals surface area (Å²) in [7, 11) is 1.56. The lowest BCUT2D eigenvalue weighted by Gasteiger charge is -2.18. The van der Waals surface area contributed by atoms with Crippen LogP contribution >= 0.6 is 0 Å². The number of ether oxygens (including phenoxy) is 1. The molecule has 0 aromatic carbocycles. The lowest BCUT2D eigenvalue weighted by molar-refractivity contribution is -0.129. The lowest BCUT2D eigenvalue weighted by Crippen LogP contribution is -2.33. The highest BCUT2D eigenvalue weighted by atomic mass is 16.5. The zero-order valence-corrected chi connectivity index (χ0v) is 13.3. The third kappa shape index (κ3) is 4.19. The summed E-state index contributed by atoms with van der Waals surface area (Å²) in [6.07, 6.45) is 1.98. The molecule has 2 heterocycles. The van der Waals surface area contributed by atoms with E-state index in [9.17, 15) is 9.59 Å². The average molecular weight is 305 g/mol. The number of nitrogens with one attached hydrogen (secondary N) is 1. The molecule has 6 heteroatoms. The maximum Gasteiger partial charge on any atom is 0.225 e. The number of rotatable bonds is 6. The number of carbonyl (C=O) groups excluding carboxylic acids is 2. The molecule has 0 bridgehead atoms. The van der Waals surface area contributed by atoms with E-state index >= 15 is 0 Å². The van der Waals surface area contributed by atoms with Crippen LogP contribution in [0.5, 0.6) is 5.88 Å². The van der Waals surface area contributed by atoms with Gasteiger partial charge in [-0.1, -0.05) is 19.9 Å². The molecule has 1 atom stereocenters. The molecule has 0 radical (unpaired) electrons. The minimum Gasteiger partial charge on any atom is -0.481 e. The number of likely N-dealkylation sites (tertiary alicyclic amines) is 1. The quantitative estimate of drug-likeness (QED) is 0.857. The Kier molecular flexibility index (Phi) is 5.35. The number of hydrogen-bond donors (Lipinski definition) is 1. The standard InChI is InChI=1S/C16H23N3O3/c1-11(2)9-19-10-13(6-15(19)20)16(21)18-8-12-4-5-14(22-3)17-7-12/h4-5,7,11,13H,6,8-10H2,1-3H3,(H,18,21). The zero-order valence-electron chi connectivity index (χ0n) is 13.3. The highest BCUT2D eigenvalue weighted by molar-refractivity contribution is 5.89. The molecule has 1 aromatic rings. The first-order chi connectivity index (χ1) is 10.5. The predicted octanol–water partition coefficient (Wildman–Crippen LogP) is 1.21. The van der Waals surface area contributed by atoms with E-state index in [2.05, 4.69) is 24.1 Å². The fraction of sp³-hybridized carbons (Fsp3) is 0.562. The first kappa shape index (κ1) is 16.3. The molecule has 1 N–H and O–H groups in total. The van der Waals surface area contributed by atoms with Gasteiger partial charge in [-0.2, -0.15) is 0 Å². The molecule has 1 aliphatic heterocycles. The highest BCUT2D eigenvalue weighted by Gasteiger charge is 2.34. The first-order valence-electron chi connectivity index (χ1n) is 7.54. The van der Waals surface area contributed by atoms with Crippen molar-refractivity contribution in [3.63, 3.8) is 0 Å². The third-order valence-electron chi connectivity index (χ3n) is 3.64. The fourth-order valence-electron chi connectivity index (χ4n) is 2.53. The average Bonchev–Trinajstić information content (AvgIpc) is 2.86. The van der Waals surface area contributed by atoms with Gasteiger partial charge in [0, 0.05) is 38.3 Å². The Balaban J connectivity index is 1.83. The van der Waals surface area contributed by atoms with Gasteiger partial charge in [-0.3, -0.25) is 9.59 Å². The van der Waals surface area contributed by atoms with Crippen molar-refractivity contribution in [2.45, 2.75) is 26.8 Å². The van der Waals surface area contributed by atoms with Crippen molar-refractivity contribution in [1.82, 2.24) is 15.2 Å². The van der Waals surface area contributed by atoms with E-state index in [1.165, 1.54) is 0 Å². The highest BCUT2D eigenvalue weighted by Crippen LogP contribution is 2.19. The maximum absolute atomic E-state index is 12.2. The summed E-state index contributed by atoms with van der Waals surface area (Å²) in [5.74, 6) is 0.699. The third-order valence-corrected chi connectivity index (χ3v) is 3.64. The molecule has 1 unspecified atom stereocenters. The maximum atomic E-state index is 12.2. The topological polar surface area (TPSA) is 71.5 Å². The summed E-state index contributed by atoms with van der Waals surface area (Å²) in [6, 6.07) is 3.61. The monoisotopic (exact) mass is 305 g/mol. The Morgan fingerprint density at radius 2 is 2.27 bits per heavy atom. The summed E-state index contributed by atoms with van der Waals surface area (Å²) in [6.45, 7) is 5.77. The Morgan fingerprint density at radius 1 is 1.50 bits per heavy atom. The van der Waals surface area contributed by atoms with Crippen molar-refractivity contribution in [3.8, 4) is 5.88 Å². The van der Waals surface area contributed by atoms with Crippen molar-refractivity contribution < 1.29 is 14.3 Å². The van der Waals surface area contributed by atoms with E-state index < -0.39 is 0 Å². The van der Waals surface area contributed by atoms with Gasteiger partial charge >= 0.3 is 0 Å². The minimum atomic E-state index is -0.252. The number of pyridine rings is 1. The van der Waals surface area contributed by atoms with E-state index in [1.807, 2.05) is 6.07 Å². The SMILES string of the molecule is COc1ccc(CNC(=O)C2CC(=O)N(CC(C)C)C2)cn1. The molecule has 22 heavy (non-hydrogen) atoms. The fourth-order valence-corrected chi connectivity index (χ4v) is 2.53. The number of amides is 2. The number of aromatic nitrogens is 1. The van der Waals surface area contributed by atoms with Gasteiger partial charge < -0.3 is 15.0 Å². The van der Waals surface area contributed by atoms with Crippen LogP contribution in [0, 0.1) is 11.8 Å². The van der Waals surface area contributed by atoms with Gasteiger partial charge in [0.25, 0.3) is 0 Å². The summed E-state index contributed by atoms with van der Waals surface area (Å²) in [4.78, 5) is 30.0. The van der Waals surface area contributed by atoms with E-state index in [4.69, 9.17) is 4.74 Å². The largest absolute Gasteiger partial charge is 0.481 e. The molecule has 2 amide bonds. The van der Waals surface area contributed by atoms with Crippen LogP contribution in [0.15, 0.2) is 18.3 Å². The van der Waals surface area contributed by atoms with E-state index in [1.54, 1.807) is 24.3 Å². The molecule has 0 aliphatic carbocycles. The van der Waals surface area contributed by atoms with Crippen LogP contribution in [0.3, 0.4) is 0 Å². The molecule has 1 fully saturated rings. The van der Waals surface area contributed by atoms with Gasteiger partial charge in [0.05, 0.1) is 13.0 Å². The molecule has 1 aromatic heterocycles.